The van der Waals surface area contributed by atoms with Crippen LogP contribution in [-0.4, -0.2) is 28.4 Å². The van der Waals surface area contributed by atoms with Crippen molar-refractivity contribution in [2.75, 3.05) is 13.1 Å². The van der Waals surface area contributed by atoms with E-state index >= 15 is 0 Å². The van der Waals surface area contributed by atoms with Gasteiger partial charge < -0.3 is 10.6 Å². The minimum Gasteiger partial charge on any atom is -0.345 e. The first-order valence-corrected chi connectivity index (χ1v) is 8.39. The fourth-order valence-electron chi connectivity index (χ4n) is 3.58. The number of hydrogen-bond acceptors (Lipinski definition) is 4. The van der Waals surface area contributed by atoms with Crippen LogP contribution in [0.3, 0.4) is 0 Å². The minimum atomic E-state index is -0.543. The lowest BCUT2D eigenvalue weighted by atomic mass is 10.0. The van der Waals surface area contributed by atoms with Gasteiger partial charge in [-0.3, -0.25) is 9.20 Å². The Balaban J connectivity index is 1.59. The summed E-state index contributed by atoms with van der Waals surface area (Å²) >= 11 is 7.82. The van der Waals surface area contributed by atoms with Crippen molar-refractivity contribution in [3.8, 4) is 0 Å². The van der Waals surface area contributed by atoms with Crippen LogP contribution in [0.25, 0.3) is 4.96 Å². The fourth-order valence-corrected chi connectivity index (χ4v) is 4.75. The highest BCUT2D eigenvalue weighted by molar-refractivity contribution is 7.15. The van der Waals surface area contributed by atoms with Crippen LogP contribution in [-0.2, 0) is 10.3 Å². The number of fused-ring (bicyclic) bond motifs is 2. The topological polar surface area (TPSA) is 58.4 Å². The lowest BCUT2D eigenvalue weighted by Crippen LogP contribution is -2.44. The SMILES string of the molecule is CC(C)(NC(=O)C1[C@H]2CNC[C@@H]12)c1c(Cl)nc2sccn12. The number of thiazole rings is 1. The molecule has 112 valence electrons. The number of carbonyl (C=O) groups excluding carboxylic acids is 1. The molecule has 1 aliphatic carbocycles. The standard InChI is InChI=1S/C14H17ClN4OS/c1-14(2,10-11(15)17-13-19(10)3-4-21-13)18-12(20)9-7-5-16-6-8(7)9/h3-4,7-9,16H,5-6H2,1-2H3,(H,18,20)/t7-,8+,9?. The van der Waals surface area contributed by atoms with Crippen molar-refractivity contribution < 1.29 is 4.79 Å². The van der Waals surface area contributed by atoms with Gasteiger partial charge in [-0.1, -0.05) is 11.6 Å². The number of carbonyl (C=O) groups is 1. The van der Waals surface area contributed by atoms with Gasteiger partial charge in [0.2, 0.25) is 5.91 Å². The zero-order chi connectivity index (χ0) is 14.8. The Morgan fingerprint density at radius 3 is 2.95 bits per heavy atom. The normalized spacial score (nSPS) is 27.9. The van der Waals surface area contributed by atoms with Crippen molar-refractivity contribution in [3.63, 3.8) is 0 Å². The summed E-state index contributed by atoms with van der Waals surface area (Å²) in [6.45, 7) is 5.89. The van der Waals surface area contributed by atoms with E-state index in [9.17, 15) is 4.79 Å². The molecule has 5 nitrogen and oxygen atoms in total. The molecular formula is C14H17ClN4OS. The van der Waals surface area contributed by atoms with Gasteiger partial charge in [0.15, 0.2) is 10.1 Å². The first-order valence-electron chi connectivity index (χ1n) is 7.13. The van der Waals surface area contributed by atoms with Crippen LogP contribution in [0.4, 0.5) is 0 Å². The Morgan fingerprint density at radius 1 is 1.52 bits per heavy atom. The van der Waals surface area contributed by atoms with Crippen molar-refractivity contribution in [1.29, 1.82) is 0 Å². The molecule has 4 rings (SSSR count). The molecule has 2 aromatic heterocycles. The monoisotopic (exact) mass is 324 g/mol. The molecule has 2 aliphatic rings. The third kappa shape index (κ3) is 2.00. The first-order chi connectivity index (χ1) is 9.99. The first kappa shape index (κ1) is 13.5. The lowest BCUT2D eigenvalue weighted by molar-refractivity contribution is -0.124. The number of nitrogens with one attached hydrogen (secondary N) is 2. The molecular weight excluding hydrogens is 308 g/mol. The fraction of sp³-hybridized carbons (Fsp3) is 0.571. The molecule has 21 heavy (non-hydrogen) atoms. The molecule has 1 aliphatic heterocycles. The zero-order valence-electron chi connectivity index (χ0n) is 11.9. The van der Waals surface area contributed by atoms with Gasteiger partial charge in [0, 0.05) is 17.5 Å². The third-order valence-corrected chi connectivity index (χ3v) is 5.66. The summed E-state index contributed by atoms with van der Waals surface area (Å²) in [5, 5.41) is 8.91. The molecule has 2 fully saturated rings. The van der Waals surface area contributed by atoms with E-state index in [2.05, 4.69) is 15.6 Å². The van der Waals surface area contributed by atoms with Gasteiger partial charge in [-0.25, -0.2) is 4.98 Å². The zero-order valence-corrected chi connectivity index (χ0v) is 13.5. The molecule has 3 atom stereocenters. The Bertz CT molecular complexity index is 712. The smallest absolute Gasteiger partial charge is 0.224 e. The van der Waals surface area contributed by atoms with Crippen LogP contribution in [0.15, 0.2) is 11.6 Å². The Labute approximate surface area is 131 Å². The van der Waals surface area contributed by atoms with Gasteiger partial charge in [0.1, 0.15) is 0 Å². The van der Waals surface area contributed by atoms with Crippen molar-refractivity contribution in [2.24, 2.45) is 17.8 Å². The predicted octanol–water partition coefficient (Wildman–Crippen LogP) is 1.87. The molecule has 2 N–H and O–H groups in total. The third-order valence-electron chi connectivity index (χ3n) is 4.64. The number of piperidine rings is 1. The molecule has 1 saturated carbocycles. The summed E-state index contributed by atoms with van der Waals surface area (Å²) in [4.78, 5) is 17.7. The molecule has 0 spiro atoms. The van der Waals surface area contributed by atoms with Crippen molar-refractivity contribution in [1.82, 2.24) is 20.0 Å². The summed E-state index contributed by atoms with van der Waals surface area (Å²) in [5.74, 6) is 1.33. The van der Waals surface area contributed by atoms with Crippen molar-refractivity contribution in [3.05, 3.63) is 22.4 Å². The van der Waals surface area contributed by atoms with Gasteiger partial charge in [-0.15, -0.1) is 11.3 Å². The van der Waals surface area contributed by atoms with E-state index in [1.54, 1.807) is 0 Å². The van der Waals surface area contributed by atoms with E-state index in [4.69, 9.17) is 11.6 Å². The van der Waals surface area contributed by atoms with E-state index in [-0.39, 0.29) is 11.8 Å². The van der Waals surface area contributed by atoms with Crippen molar-refractivity contribution in [2.45, 2.75) is 19.4 Å². The Hall–Kier alpha value is -1.11. The van der Waals surface area contributed by atoms with Crippen LogP contribution < -0.4 is 10.6 Å². The van der Waals surface area contributed by atoms with Gasteiger partial charge in [-0.2, -0.15) is 0 Å². The Kier molecular flexibility index (Phi) is 2.87. The van der Waals surface area contributed by atoms with E-state index in [0.29, 0.717) is 17.0 Å². The lowest BCUT2D eigenvalue weighted by Gasteiger charge is -2.26. The largest absolute Gasteiger partial charge is 0.345 e. The number of hydrogen-bond donors (Lipinski definition) is 2. The van der Waals surface area contributed by atoms with Crippen LogP contribution in [0.1, 0.15) is 19.5 Å². The maximum Gasteiger partial charge on any atom is 0.224 e. The number of halogens is 1. The predicted molar refractivity (Wildman–Crippen MR) is 82.6 cm³/mol. The number of aromatic nitrogens is 2. The minimum absolute atomic E-state index is 0.137. The van der Waals surface area contributed by atoms with Crippen LogP contribution in [0, 0.1) is 17.8 Å². The average Bonchev–Trinajstić information content (AvgIpc) is 2.77. The van der Waals surface area contributed by atoms with E-state index in [1.807, 2.05) is 29.8 Å². The maximum atomic E-state index is 12.5. The molecule has 1 amide bonds. The van der Waals surface area contributed by atoms with Crippen LogP contribution >= 0.6 is 22.9 Å². The number of rotatable bonds is 3. The molecule has 1 unspecified atom stereocenters. The second-order valence-electron chi connectivity index (χ2n) is 6.43. The molecule has 2 aromatic rings. The average molecular weight is 325 g/mol. The highest BCUT2D eigenvalue weighted by atomic mass is 35.5. The number of nitrogens with zero attached hydrogens (tertiary/aromatic N) is 2. The summed E-state index contributed by atoms with van der Waals surface area (Å²) < 4.78 is 1.96. The van der Waals surface area contributed by atoms with Gasteiger partial charge >= 0.3 is 0 Å². The highest BCUT2D eigenvalue weighted by Crippen LogP contribution is 2.49. The molecule has 0 bridgehead atoms. The molecule has 7 heteroatoms. The Morgan fingerprint density at radius 2 is 2.24 bits per heavy atom. The maximum absolute atomic E-state index is 12.5. The van der Waals surface area contributed by atoms with Gasteiger partial charge in [-0.05, 0) is 38.8 Å². The van der Waals surface area contributed by atoms with E-state index < -0.39 is 5.54 Å². The van der Waals surface area contributed by atoms with Gasteiger partial charge in [0.25, 0.3) is 0 Å². The summed E-state index contributed by atoms with van der Waals surface area (Å²) in [6.07, 6.45) is 1.94. The van der Waals surface area contributed by atoms with Crippen LogP contribution in [0.2, 0.25) is 5.15 Å². The number of imidazole rings is 1. The van der Waals surface area contributed by atoms with Crippen LogP contribution in [0.5, 0.6) is 0 Å². The quantitative estimate of drug-likeness (QED) is 0.906. The van der Waals surface area contributed by atoms with E-state index in [1.165, 1.54) is 11.3 Å². The molecule has 0 aromatic carbocycles. The summed E-state index contributed by atoms with van der Waals surface area (Å²) in [5.41, 5.74) is 0.302. The number of amides is 1. The molecule has 3 heterocycles. The highest BCUT2D eigenvalue weighted by Gasteiger charge is 2.57. The second kappa shape index (κ2) is 4.44. The molecule has 1 saturated heterocycles. The van der Waals surface area contributed by atoms with E-state index in [0.717, 1.165) is 23.7 Å². The summed E-state index contributed by atoms with van der Waals surface area (Å²) in [7, 11) is 0. The summed E-state index contributed by atoms with van der Waals surface area (Å²) in [6, 6.07) is 0. The molecule has 0 radical (unpaired) electrons. The second-order valence-corrected chi connectivity index (χ2v) is 7.66. The van der Waals surface area contributed by atoms with Gasteiger partial charge in [0.05, 0.1) is 11.2 Å². The van der Waals surface area contributed by atoms with Crippen molar-refractivity contribution >= 4 is 33.8 Å².